The summed E-state index contributed by atoms with van der Waals surface area (Å²) in [5.41, 5.74) is 2.23. The summed E-state index contributed by atoms with van der Waals surface area (Å²) >= 11 is 3.47. The number of aryl methyl sites for hydroxylation is 2. The highest BCUT2D eigenvalue weighted by molar-refractivity contribution is 9.09. The number of pyridine rings is 1. The molecule has 0 amide bonds. The molecule has 84 valence electrons. The van der Waals surface area contributed by atoms with Crippen LogP contribution in [0.1, 0.15) is 23.0 Å². The molecule has 0 fully saturated rings. The molecule has 0 aromatic carbocycles. The molecule has 2 heterocycles. The lowest BCUT2D eigenvalue weighted by Crippen LogP contribution is -2.02. The maximum Gasteiger partial charge on any atom is 0.0960 e. The van der Waals surface area contributed by atoms with Crippen molar-refractivity contribution in [3.8, 4) is 0 Å². The second-order valence-corrected chi connectivity index (χ2v) is 5.00. The molecule has 2 aromatic rings. The van der Waals surface area contributed by atoms with E-state index in [0.29, 0.717) is 0 Å². The molecule has 0 saturated carbocycles. The number of alkyl halides is 1. The van der Waals surface area contributed by atoms with Gasteiger partial charge in [-0.3, -0.25) is 9.67 Å². The third kappa shape index (κ3) is 2.88. The second kappa shape index (κ2) is 5.21. The summed E-state index contributed by atoms with van der Waals surface area (Å²) in [5.74, 6) is 0. The monoisotopic (exact) mass is 280 g/mol. The molecule has 5 heteroatoms. The maximum absolute atomic E-state index is 4.08. The van der Waals surface area contributed by atoms with Crippen LogP contribution >= 0.6 is 15.9 Å². The van der Waals surface area contributed by atoms with Gasteiger partial charge in [-0.2, -0.15) is 0 Å². The SMILES string of the molecule is CC(Br)c1cn(CCc2ccncc2)nn1. The van der Waals surface area contributed by atoms with E-state index < -0.39 is 0 Å². The van der Waals surface area contributed by atoms with Crippen molar-refractivity contribution < 1.29 is 0 Å². The molecule has 0 N–H and O–H groups in total. The van der Waals surface area contributed by atoms with Gasteiger partial charge in [-0.25, -0.2) is 0 Å². The summed E-state index contributed by atoms with van der Waals surface area (Å²) in [6, 6.07) is 4.04. The average Bonchev–Trinajstić information content (AvgIpc) is 2.76. The van der Waals surface area contributed by atoms with Crippen molar-refractivity contribution in [2.24, 2.45) is 0 Å². The summed E-state index contributed by atoms with van der Waals surface area (Å²) in [6.07, 6.45) is 6.54. The highest BCUT2D eigenvalue weighted by atomic mass is 79.9. The van der Waals surface area contributed by atoms with E-state index in [0.717, 1.165) is 18.7 Å². The summed E-state index contributed by atoms with van der Waals surface area (Å²) in [6.45, 7) is 2.88. The fraction of sp³-hybridized carbons (Fsp3) is 0.364. The minimum atomic E-state index is 0.252. The molecule has 1 atom stereocenters. The molecule has 0 aliphatic rings. The highest BCUT2D eigenvalue weighted by Crippen LogP contribution is 2.18. The van der Waals surface area contributed by atoms with E-state index in [9.17, 15) is 0 Å². The van der Waals surface area contributed by atoms with E-state index >= 15 is 0 Å². The van der Waals surface area contributed by atoms with Crippen molar-refractivity contribution in [1.29, 1.82) is 0 Å². The summed E-state index contributed by atoms with van der Waals surface area (Å²) < 4.78 is 1.87. The van der Waals surface area contributed by atoms with Gasteiger partial charge in [0.25, 0.3) is 0 Å². The molecule has 4 nitrogen and oxygen atoms in total. The van der Waals surface area contributed by atoms with Crippen LogP contribution in [0.4, 0.5) is 0 Å². The Kier molecular flexibility index (Phi) is 3.66. The maximum atomic E-state index is 4.08. The highest BCUT2D eigenvalue weighted by Gasteiger charge is 2.05. The zero-order valence-corrected chi connectivity index (χ0v) is 10.6. The normalized spacial score (nSPS) is 12.6. The molecule has 0 spiro atoms. The number of rotatable bonds is 4. The van der Waals surface area contributed by atoms with Crippen molar-refractivity contribution in [3.63, 3.8) is 0 Å². The van der Waals surface area contributed by atoms with Crippen molar-refractivity contribution in [3.05, 3.63) is 42.0 Å². The van der Waals surface area contributed by atoms with E-state index in [4.69, 9.17) is 0 Å². The smallest absolute Gasteiger partial charge is 0.0960 e. The summed E-state index contributed by atoms with van der Waals surface area (Å²) in [4.78, 5) is 4.24. The summed E-state index contributed by atoms with van der Waals surface area (Å²) in [7, 11) is 0. The first-order valence-electron chi connectivity index (χ1n) is 5.18. The summed E-state index contributed by atoms with van der Waals surface area (Å²) in [5, 5.41) is 8.16. The van der Waals surface area contributed by atoms with Crippen LogP contribution < -0.4 is 0 Å². The molecule has 0 aliphatic carbocycles. The topological polar surface area (TPSA) is 43.6 Å². The van der Waals surface area contributed by atoms with Gasteiger partial charge in [-0.15, -0.1) is 5.10 Å². The number of nitrogens with zero attached hydrogens (tertiary/aromatic N) is 4. The fourth-order valence-corrected chi connectivity index (χ4v) is 1.61. The first-order valence-corrected chi connectivity index (χ1v) is 6.10. The van der Waals surface area contributed by atoms with Gasteiger partial charge in [0.05, 0.1) is 10.5 Å². The number of hydrogen-bond acceptors (Lipinski definition) is 3. The van der Waals surface area contributed by atoms with Gasteiger partial charge < -0.3 is 0 Å². The second-order valence-electron chi connectivity index (χ2n) is 3.63. The minimum absolute atomic E-state index is 0.252. The molecule has 0 bridgehead atoms. The van der Waals surface area contributed by atoms with Crippen molar-refractivity contribution in [1.82, 2.24) is 20.0 Å². The molecule has 0 saturated heterocycles. The zero-order valence-electron chi connectivity index (χ0n) is 9.05. The van der Waals surface area contributed by atoms with Gasteiger partial charge >= 0.3 is 0 Å². The van der Waals surface area contributed by atoms with Gasteiger partial charge in [0.15, 0.2) is 0 Å². The Labute approximate surface area is 103 Å². The van der Waals surface area contributed by atoms with Crippen LogP contribution in [0.25, 0.3) is 0 Å². The fourth-order valence-electron chi connectivity index (χ4n) is 1.40. The first kappa shape index (κ1) is 11.3. The van der Waals surface area contributed by atoms with Gasteiger partial charge in [-0.05, 0) is 31.0 Å². The van der Waals surface area contributed by atoms with Crippen LogP contribution in [-0.4, -0.2) is 20.0 Å². The lowest BCUT2D eigenvalue weighted by molar-refractivity contribution is 0.589. The van der Waals surface area contributed by atoms with E-state index in [-0.39, 0.29) is 4.83 Å². The van der Waals surface area contributed by atoms with Gasteiger partial charge in [0.2, 0.25) is 0 Å². The predicted molar refractivity (Wildman–Crippen MR) is 65.3 cm³/mol. The van der Waals surface area contributed by atoms with E-state index in [2.05, 4.69) is 31.2 Å². The quantitative estimate of drug-likeness (QED) is 0.808. The van der Waals surface area contributed by atoms with Gasteiger partial charge in [0, 0.05) is 25.1 Å². The number of hydrogen-bond donors (Lipinski definition) is 0. The Hall–Kier alpha value is -1.23. The van der Waals surface area contributed by atoms with Crippen LogP contribution in [0.3, 0.4) is 0 Å². The molecule has 1 unspecified atom stereocenters. The standard InChI is InChI=1S/C11H13BrN4/c1-9(12)11-8-16(15-14-11)7-4-10-2-5-13-6-3-10/h2-3,5-6,8-9H,4,7H2,1H3. The molecule has 16 heavy (non-hydrogen) atoms. The van der Waals surface area contributed by atoms with E-state index in [1.54, 1.807) is 0 Å². The Morgan fingerprint density at radius 1 is 1.38 bits per heavy atom. The van der Waals surface area contributed by atoms with Gasteiger partial charge in [-0.1, -0.05) is 21.1 Å². The molecule has 0 radical (unpaired) electrons. The Balaban J connectivity index is 1.95. The van der Waals surface area contributed by atoms with Crippen LogP contribution in [0.15, 0.2) is 30.7 Å². The Morgan fingerprint density at radius 3 is 2.75 bits per heavy atom. The van der Waals surface area contributed by atoms with E-state index in [1.807, 2.05) is 42.3 Å². The van der Waals surface area contributed by atoms with Gasteiger partial charge in [0.1, 0.15) is 0 Å². The lowest BCUT2D eigenvalue weighted by atomic mass is 10.2. The van der Waals surface area contributed by atoms with Crippen LogP contribution in [0.5, 0.6) is 0 Å². The molecular weight excluding hydrogens is 268 g/mol. The van der Waals surface area contributed by atoms with E-state index in [1.165, 1.54) is 5.56 Å². The lowest BCUT2D eigenvalue weighted by Gasteiger charge is -2.00. The Bertz CT molecular complexity index is 438. The third-order valence-corrected chi connectivity index (χ3v) is 2.81. The molecular formula is C11H13BrN4. The largest absolute Gasteiger partial charge is 0.265 e. The number of aromatic nitrogens is 4. The zero-order chi connectivity index (χ0) is 11.4. The predicted octanol–water partition coefficient (Wildman–Crippen LogP) is 2.37. The Morgan fingerprint density at radius 2 is 2.12 bits per heavy atom. The molecule has 2 rings (SSSR count). The van der Waals surface area contributed by atoms with Crippen LogP contribution in [0, 0.1) is 0 Å². The average molecular weight is 281 g/mol. The molecule has 0 aliphatic heterocycles. The molecule has 2 aromatic heterocycles. The number of halogens is 1. The van der Waals surface area contributed by atoms with Crippen LogP contribution in [-0.2, 0) is 13.0 Å². The van der Waals surface area contributed by atoms with Crippen LogP contribution in [0.2, 0.25) is 0 Å². The first-order chi connectivity index (χ1) is 7.75. The van der Waals surface area contributed by atoms with Crippen molar-refractivity contribution >= 4 is 15.9 Å². The third-order valence-electron chi connectivity index (χ3n) is 2.34. The van der Waals surface area contributed by atoms with Crippen molar-refractivity contribution in [2.45, 2.75) is 24.7 Å². The minimum Gasteiger partial charge on any atom is -0.265 e. The van der Waals surface area contributed by atoms with Crippen molar-refractivity contribution in [2.75, 3.05) is 0 Å².